The number of hydrogen-bond acceptors (Lipinski definition) is 3. The van der Waals surface area contributed by atoms with Gasteiger partial charge in [0.1, 0.15) is 6.04 Å². The Morgan fingerprint density at radius 1 is 1.44 bits per heavy atom. The zero-order valence-electron chi connectivity index (χ0n) is 9.64. The SMILES string of the molecule is CC1(NC(=O)[C@H]2CCC(=O)N2)CCNCC1. The minimum Gasteiger partial charge on any atom is -0.349 e. The number of nitrogens with one attached hydrogen (secondary N) is 3. The number of piperidine rings is 1. The Morgan fingerprint density at radius 3 is 2.69 bits per heavy atom. The van der Waals surface area contributed by atoms with Crippen LogP contribution in [0.25, 0.3) is 0 Å². The van der Waals surface area contributed by atoms with Gasteiger partial charge in [0.15, 0.2) is 0 Å². The summed E-state index contributed by atoms with van der Waals surface area (Å²) in [7, 11) is 0. The van der Waals surface area contributed by atoms with E-state index in [1.165, 1.54) is 0 Å². The summed E-state index contributed by atoms with van der Waals surface area (Å²) in [6.45, 7) is 3.95. The Labute approximate surface area is 95.3 Å². The van der Waals surface area contributed by atoms with Crippen molar-refractivity contribution in [3.05, 3.63) is 0 Å². The molecule has 2 amide bonds. The van der Waals surface area contributed by atoms with Crippen LogP contribution in [0.3, 0.4) is 0 Å². The highest BCUT2D eigenvalue weighted by Gasteiger charge is 2.33. The molecule has 5 nitrogen and oxygen atoms in total. The Bertz CT molecular complexity index is 298. The lowest BCUT2D eigenvalue weighted by Crippen LogP contribution is -2.56. The largest absolute Gasteiger partial charge is 0.349 e. The van der Waals surface area contributed by atoms with Gasteiger partial charge in [0.25, 0.3) is 0 Å². The molecule has 0 aliphatic carbocycles. The highest BCUT2D eigenvalue weighted by atomic mass is 16.2. The number of hydrogen-bond donors (Lipinski definition) is 3. The first-order valence-corrected chi connectivity index (χ1v) is 5.91. The third kappa shape index (κ3) is 2.52. The maximum Gasteiger partial charge on any atom is 0.243 e. The summed E-state index contributed by atoms with van der Waals surface area (Å²) in [5.41, 5.74) is -0.115. The van der Waals surface area contributed by atoms with Gasteiger partial charge in [-0.3, -0.25) is 9.59 Å². The molecule has 0 aromatic carbocycles. The smallest absolute Gasteiger partial charge is 0.243 e. The molecule has 0 saturated carbocycles. The van der Waals surface area contributed by atoms with Gasteiger partial charge in [0.05, 0.1) is 0 Å². The monoisotopic (exact) mass is 225 g/mol. The Balaban J connectivity index is 1.88. The normalized spacial score (nSPS) is 28.6. The summed E-state index contributed by atoms with van der Waals surface area (Å²) >= 11 is 0. The zero-order chi connectivity index (χ0) is 11.6. The number of amides is 2. The fourth-order valence-corrected chi connectivity index (χ4v) is 2.30. The van der Waals surface area contributed by atoms with Gasteiger partial charge in [0, 0.05) is 12.0 Å². The van der Waals surface area contributed by atoms with Gasteiger partial charge >= 0.3 is 0 Å². The minimum absolute atomic E-state index is 0.0180. The highest BCUT2D eigenvalue weighted by Crippen LogP contribution is 2.18. The van der Waals surface area contributed by atoms with Gasteiger partial charge in [-0.05, 0) is 39.3 Å². The third-order valence-corrected chi connectivity index (χ3v) is 3.44. The molecular formula is C11H19N3O2. The molecule has 2 aliphatic heterocycles. The van der Waals surface area contributed by atoms with E-state index < -0.39 is 0 Å². The van der Waals surface area contributed by atoms with Gasteiger partial charge < -0.3 is 16.0 Å². The average molecular weight is 225 g/mol. The van der Waals surface area contributed by atoms with Gasteiger partial charge in [-0.2, -0.15) is 0 Å². The zero-order valence-corrected chi connectivity index (χ0v) is 9.64. The van der Waals surface area contributed by atoms with E-state index in [9.17, 15) is 9.59 Å². The van der Waals surface area contributed by atoms with Crippen molar-refractivity contribution in [3.63, 3.8) is 0 Å². The Hall–Kier alpha value is -1.10. The molecule has 2 heterocycles. The Kier molecular flexibility index (Phi) is 3.14. The lowest BCUT2D eigenvalue weighted by molar-refractivity contribution is -0.127. The molecule has 2 saturated heterocycles. The minimum atomic E-state index is -0.320. The highest BCUT2D eigenvalue weighted by molar-refractivity contribution is 5.91. The number of rotatable bonds is 2. The van der Waals surface area contributed by atoms with Crippen molar-refractivity contribution in [1.82, 2.24) is 16.0 Å². The topological polar surface area (TPSA) is 70.2 Å². The van der Waals surface area contributed by atoms with E-state index in [-0.39, 0.29) is 23.4 Å². The van der Waals surface area contributed by atoms with Crippen molar-refractivity contribution in [2.24, 2.45) is 0 Å². The van der Waals surface area contributed by atoms with Crippen molar-refractivity contribution in [2.45, 2.75) is 44.2 Å². The van der Waals surface area contributed by atoms with Crippen LogP contribution in [0.5, 0.6) is 0 Å². The van der Waals surface area contributed by atoms with E-state index in [1.807, 2.05) is 0 Å². The molecule has 3 N–H and O–H groups in total. The first-order valence-electron chi connectivity index (χ1n) is 5.91. The molecule has 0 aromatic heterocycles. The maximum absolute atomic E-state index is 11.9. The van der Waals surface area contributed by atoms with E-state index in [4.69, 9.17) is 0 Å². The van der Waals surface area contributed by atoms with Crippen molar-refractivity contribution < 1.29 is 9.59 Å². The summed E-state index contributed by atoms with van der Waals surface area (Å²) in [6, 6.07) is -0.320. The number of carbonyl (C=O) groups excluding carboxylic acids is 2. The maximum atomic E-state index is 11.9. The van der Waals surface area contributed by atoms with E-state index in [0.717, 1.165) is 25.9 Å². The van der Waals surface area contributed by atoms with Crippen molar-refractivity contribution >= 4 is 11.8 Å². The molecule has 0 radical (unpaired) electrons. The summed E-state index contributed by atoms with van der Waals surface area (Å²) in [5, 5.41) is 9.03. The van der Waals surface area contributed by atoms with Crippen LogP contribution in [0.4, 0.5) is 0 Å². The van der Waals surface area contributed by atoms with Crippen LogP contribution in [0.15, 0.2) is 0 Å². The lowest BCUT2D eigenvalue weighted by Gasteiger charge is -2.35. The molecular weight excluding hydrogens is 206 g/mol. The van der Waals surface area contributed by atoms with Gasteiger partial charge in [-0.15, -0.1) is 0 Å². The van der Waals surface area contributed by atoms with Crippen LogP contribution >= 0.6 is 0 Å². The van der Waals surface area contributed by atoms with Crippen LogP contribution in [-0.2, 0) is 9.59 Å². The molecule has 0 unspecified atom stereocenters. The first-order chi connectivity index (χ1) is 7.59. The summed E-state index contributed by atoms with van der Waals surface area (Å²) in [4.78, 5) is 22.9. The molecule has 1 atom stereocenters. The molecule has 2 fully saturated rings. The van der Waals surface area contributed by atoms with Gasteiger partial charge in [-0.25, -0.2) is 0 Å². The lowest BCUT2D eigenvalue weighted by atomic mass is 9.90. The summed E-state index contributed by atoms with van der Waals surface area (Å²) < 4.78 is 0. The van der Waals surface area contributed by atoms with E-state index >= 15 is 0 Å². The Morgan fingerprint density at radius 2 is 2.12 bits per heavy atom. The molecule has 2 aliphatic rings. The second kappa shape index (κ2) is 4.41. The van der Waals surface area contributed by atoms with E-state index in [1.54, 1.807) is 0 Å². The quantitative estimate of drug-likeness (QED) is 0.594. The first kappa shape index (κ1) is 11.4. The van der Waals surface area contributed by atoms with Crippen molar-refractivity contribution in [2.75, 3.05) is 13.1 Å². The van der Waals surface area contributed by atoms with Gasteiger partial charge in [-0.1, -0.05) is 0 Å². The van der Waals surface area contributed by atoms with Crippen LogP contribution < -0.4 is 16.0 Å². The van der Waals surface area contributed by atoms with Crippen molar-refractivity contribution in [3.8, 4) is 0 Å². The van der Waals surface area contributed by atoms with Gasteiger partial charge in [0.2, 0.25) is 11.8 Å². The third-order valence-electron chi connectivity index (χ3n) is 3.44. The standard InChI is InChI=1S/C11H19N3O2/c1-11(4-6-12-7-5-11)14-10(16)8-2-3-9(15)13-8/h8,12H,2-7H2,1H3,(H,13,15)(H,14,16)/t8-/m1/s1. The second-order valence-corrected chi connectivity index (χ2v) is 4.96. The number of carbonyl (C=O) groups is 2. The van der Waals surface area contributed by atoms with E-state index in [2.05, 4.69) is 22.9 Å². The molecule has 0 bridgehead atoms. The molecule has 90 valence electrons. The molecule has 0 aromatic rings. The van der Waals surface area contributed by atoms with Crippen LogP contribution in [0.2, 0.25) is 0 Å². The van der Waals surface area contributed by atoms with Crippen molar-refractivity contribution in [1.29, 1.82) is 0 Å². The van der Waals surface area contributed by atoms with E-state index in [0.29, 0.717) is 12.8 Å². The average Bonchev–Trinajstić information content (AvgIpc) is 2.65. The molecule has 0 spiro atoms. The molecule has 16 heavy (non-hydrogen) atoms. The van der Waals surface area contributed by atoms with Crippen LogP contribution in [0, 0.1) is 0 Å². The summed E-state index contributed by atoms with van der Waals surface area (Å²) in [6.07, 6.45) is 2.98. The second-order valence-electron chi connectivity index (χ2n) is 4.96. The predicted molar refractivity (Wildman–Crippen MR) is 59.8 cm³/mol. The summed E-state index contributed by atoms with van der Waals surface area (Å²) in [5.74, 6) is -0.0501. The molecule has 5 heteroatoms. The fourth-order valence-electron chi connectivity index (χ4n) is 2.30. The van der Waals surface area contributed by atoms with Crippen LogP contribution in [0.1, 0.15) is 32.6 Å². The predicted octanol–water partition coefficient (Wildman–Crippen LogP) is -0.477. The molecule has 2 rings (SSSR count). The van der Waals surface area contributed by atoms with Crippen LogP contribution in [-0.4, -0.2) is 36.5 Å². The fraction of sp³-hybridized carbons (Fsp3) is 0.818.